The third kappa shape index (κ3) is 8.25. The molecule has 0 amide bonds. The van der Waals surface area contributed by atoms with E-state index in [-0.39, 0.29) is 18.5 Å². The number of unbranched alkanes of at least 4 members (excludes halogenated alkanes) is 3. The van der Waals surface area contributed by atoms with E-state index in [0.717, 1.165) is 102 Å². The number of allylic oxidation sites excluding steroid dienone is 3. The number of rotatable bonds is 16. The fraction of sp³-hybridized carbons (Fsp3) is 0.429. The number of esters is 1. The Morgan fingerprint density at radius 2 is 1.53 bits per heavy atom. The van der Waals surface area contributed by atoms with Gasteiger partial charge in [-0.15, -0.1) is 0 Å². The van der Waals surface area contributed by atoms with Crippen molar-refractivity contribution >= 4 is 62.9 Å². The number of aromatic nitrogens is 4. The molecule has 0 aliphatic carbocycles. The number of aromatic amines is 2. The molecule has 0 saturated heterocycles. The van der Waals surface area contributed by atoms with Crippen LogP contribution in [-0.4, -0.2) is 58.8 Å². The van der Waals surface area contributed by atoms with Gasteiger partial charge in [0, 0.05) is 46.2 Å². The van der Waals surface area contributed by atoms with Crippen LogP contribution in [0.25, 0.3) is 50.4 Å². The molecule has 270 valence electrons. The normalized spacial score (nSPS) is 13.5. The summed E-state index contributed by atoms with van der Waals surface area (Å²) in [7, 11) is 1.41. The average Bonchev–Trinajstić information content (AvgIpc) is 3.78. The molecule has 0 fully saturated rings. The Morgan fingerprint density at radius 3 is 2.25 bits per heavy atom. The van der Waals surface area contributed by atoms with Crippen molar-refractivity contribution in [2.75, 3.05) is 20.3 Å². The molecule has 3 aromatic rings. The van der Waals surface area contributed by atoms with Crippen molar-refractivity contribution in [3.63, 3.8) is 0 Å². The van der Waals surface area contributed by atoms with E-state index in [1.54, 1.807) is 0 Å². The maximum atomic E-state index is 12.3. The Bertz CT molecular complexity index is 2030. The lowest BCUT2D eigenvalue weighted by atomic mass is 9.98. The van der Waals surface area contributed by atoms with Crippen molar-refractivity contribution < 1.29 is 23.8 Å². The monoisotopic (exact) mass is 692 g/mol. The summed E-state index contributed by atoms with van der Waals surface area (Å²) in [6.07, 6.45) is 8.37. The van der Waals surface area contributed by atoms with Gasteiger partial charge in [-0.25, -0.2) is 9.97 Å². The van der Waals surface area contributed by atoms with E-state index in [1.807, 2.05) is 6.08 Å². The van der Waals surface area contributed by atoms with Gasteiger partial charge in [-0.2, -0.15) is 0 Å². The molecular weight excluding hydrogens is 640 g/mol. The largest absolute Gasteiger partial charge is 0.469 e. The summed E-state index contributed by atoms with van der Waals surface area (Å²) < 4.78 is 16.5. The van der Waals surface area contributed by atoms with Gasteiger partial charge in [0.2, 0.25) is 0 Å². The molecule has 2 aliphatic rings. The van der Waals surface area contributed by atoms with Gasteiger partial charge >= 0.3 is 5.97 Å². The van der Waals surface area contributed by atoms with Crippen molar-refractivity contribution in [2.24, 2.45) is 0 Å². The van der Waals surface area contributed by atoms with Crippen molar-refractivity contribution in [3.05, 3.63) is 75.9 Å². The molecule has 2 aliphatic heterocycles. The zero-order valence-electron chi connectivity index (χ0n) is 31.3. The standard InChI is InChI=1S/C42H52N4O5/c1-9-11-12-13-19-51-29(7)42-28(6)36-21-37-30(10-2)25(3)33(43-37)20-34-26(4)31(15-14-18-50-24-47)38(44-34)23-39-32(16-17-41(48)49-8)27(5)35(45-39)22-40(42)46-36/h10,20-24,29,43-44H,2,9,11-19H2,1,3-8H3. The first-order valence-electron chi connectivity index (χ1n) is 18.1. The van der Waals surface area contributed by atoms with Gasteiger partial charge in [-0.3, -0.25) is 9.59 Å². The number of methoxy groups -OCH3 is 1. The number of carbonyl (C=O) groups excluding carboxylic acids is 2. The van der Waals surface area contributed by atoms with Gasteiger partial charge in [0.25, 0.3) is 6.47 Å². The van der Waals surface area contributed by atoms with Crippen LogP contribution in [0, 0.1) is 13.8 Å². The highest BCUT2D eigenvalue weighted by Crippen LogP contribution is 2.38. The molecule has 1 unspecified atom stereocenters. The lowest BCUT2D eigenvalue weighted by Crippen LogP contribution is -2.12. The second kappa shape index (κ2) is 17.0. The zero-order chi connectivity index (χ0) is 36.7. The Morgan fingerprint density at radius 1 is 0.824 bits per heavy atom. The van der Waals surface area contributed by atoms with E-state index in [1.165, 1.54) is 20.0 Å². The van der Waals surface area contributed by atoms with Crippen LogP contribution in [0.2, 0.25) is 0 Å². The summed E-state index contributed by atoms with van der Waals surface area (Å²) in [5.74, 6) is -0.269. The molecule has 0 saturated carbocycles. The summed E-state index contributed by atoms with van der Waals surface area (Å²) in [4.78, 5) is 40.9. The van der Waals surface area contributed by atoms with Crippen LogP contribution in [0.4, 0.5) is 0 Å². The fourth-order valence-corrected chi connectivity index (χ4v) is 7.14. The summed E-state index contributed by atoms with van der Waals surface area (Å²) >= 11 is 0. The molecule has 8 bridgehead atoms. The number of hydrogen-bond acceptors (Lipinski definition) is 7. The van der Waals surface area contributed by atoms with Crippen molar-refractivity contribution in [1.29, 1.82) is 0 Å². The van der Waals surface area contributed by atoms with Crippen LogP contribution in [0.3, 0.4) is 0 Å². The molecule has 9 heteroatoms. The number of ether oxygens (including phenoxy) is 3. The SMILES string of the molecule is C=Cc1c(C)c2cc3[nH]c(cc4nc(cc5nc(cc1[nH]2)C(C)=C5C(C)OCCCCCC)C(C)=C4CCC(=O)OC)c(CCCOC=O)c3C. The number of carbonyl (C=O) groups is 2. The number of aryl methyl sites for hydroxylation is 3. The van der Waals surface area contributed by atoms with Crippen molar-refractivity contribution in [2.45, 2.75) is 99.0 Å². The third-order valence-electron chi connectivity index (χ3n) is 10.2. The van der Waals surface area contributed by atoms with Gasteiger partial charge in [0.15, 0.2) is 0 Å². The first kappa shape index (κ1) is 37.5. The quantitative estimate of drug-likeness (QED) is 0.0872. The van der Waals surface area contributed by atoms with Crippen LogP contribution >= 0.6 is 0 Å². The number of nitrogens with one attached hydrogen (secondary N) is 2. The highest BCUT2D eigenvalue weighted by Gasteiger charge is 2.25. The molecule has 5 heterocycles. The Balaban J connectivity index is 1.80. The minimum Gasteiger partial charge on any atom is -0.469 e. The first-order valence-corrected chi connectivity index (χ1v) is 18.1. The molecule has 0 aromatic carbocycles. The fourth-order valence-electron chi connectivity index (χ4n) is 7.14. The van der Waals surface area contributed by atoms with Crippen LogP contribution in [0.15, 0.2) is 30.8 Å². The molecule has 5 rings (SSSR count). The Labute approximate surface area is 301 Å². The lowest BCUT2D eigenvalue weighted by molar-refractivity contribution is -0.140. The van der Waals surface area contributed by atoms with Crippen molar-refractivity contribution in [3.8, 4) is 0 Å². The van der Waals surface area contributed by atoms with Crippen LogP contribution in [-0.2, 0) is 30.2 Å². The minimum atomic E-state index is -0.269. The van der Waals surface area contributed by atoms with E-state index >= 15 is 0 Å². The number of H-pyrrole nitrogens is 2. The van der Waals surface area contributed by atoms with Gasteiger partial charge in [0.1, 0.15) is 0 Å². The van der Waals surface area contributed by atoms with E-state index in [2.05, 4.69) is 82.4 Å². The zero-order valence-corrected chi connectivity index (χ0v) is 31.3. The van der Waals surface area contributed by atoms with Crippen molar-refractivity contribution in [1.82, 2.24) is 19.9 Å². The van der Waals surface area contributed by atoms with E-state index in [0.29, 0.717) is 38.9 Å². The predicted molar refractivity (Wildman–Crippen MR) is 207 cm³/mol. The van der Waals surface area contributed by atoms with Crippen LogP contribution < -0.4 is 0 Å². The molecule has 3 aromatic heterocycles. The summed E-state index contributed by atoms with van der Waals surface area (Å²) in [5.41, 5.74) is 15.5. The van der Waals surface area contributed by atoms with Crippen LogP contribution in [0.5, 0.6) is 0 Å². The van der Waals surface area contributed by atoms with E-state index in [4.69, 9.17) is 24.2 Å². The minimum absolute atomic E-state index is 0.173. The molecule has 9 nitrogen and oxygen atoms in total. The predicted octanol–water partition coefficient (Wildman–Crippen LogP) is 9.48. The Kier molecular flexibility index (Phi) is 12.5. The van der Waals surface area contributed by atoms with Gasteiger partial charge in [0.05, 0.1) is 42.6 Å². The van der Waals surface area contributed by atoms with Gasteiger partial charge < -0.3 is 24.2 Å². The molecular formula is C42H52N4O5. The maximum absolute atomic E-state index is 12.3. The lowest BCUT2D eigenvalue weighted by Gasteiger charge is -2.16. The smallest absolute Gasteiger partial charge is 0.305 e. The molecule has 1 atom stereocenters. The highest BCUT2D eigenvalue weighted by molar-refractivity contribution is 5.97. The maximum Gasteiger partial charge on any atom is 0.305 e. The second-order valence-electron chi connectivity index (χ2n) is 13.5. The summed E-state index contributed by atoms with van der Waals surface area (Å²) in [5, 5.41) is 0. The van der Waals surface area contributed by atoms with Gasteiger partial charge in [-0.05, 0) is 118 Å². The summed E-state index contributed by atoms with van der Waals surface area (Å²) in [6, 6.07) is 8.39. The Hall–Kier alpha value is -4.76. The second-order valence-corrected chi connectivity index (χ2v) is 13.5. The first-order chi connectivity index (χ1) is 24.6. The van der Waals surface area contributed by atoms with Crippen LogP contribution in [0.1, 0.15) is 118 Å². The third-order valence-corrected chi connectivity index (χ3v) is 10.2. The number of fused-ring (bicyclic) bond motifs is 8. The van der Waals surface area contributed by atoms with E-state index in [9.17, 15) is 9.59 Å². The van der Waals surface area contributed by atoms with Gasteiger partial charge in [-0.1, -0.05) is 38.8 Å². The highest BCUT2D eigenvalue weighted by atomic mass is 16.5. The van der Waals surface area contributed by atoms with E-state index < -0.39 is 0 Å². The number of hydrogen-bond donors (Lipinski definition) is 2. The average molecular weight is 693 g/mol. The topological polar surface area (TPSA) is 119 Å². The molecule has 0 spiro atoms. The molecule has 51 heavy (non-hydrogen) atoms. The molecule has 2 N–H and O–H groups in total. The molecule has 0 radical (unpaired) electrons. The summed E-state index contributed by atoms with van der Waals surface area (Å²) in [6.45, 7) is 18.4. The number of nitrogens with zero attached hydrogens (tertiary/aromatic N) is 2.